The van der Waals surface area contributed by atoms with Crippen LogP contribution in [0.25, 0.3) is 6.08 Å². The monoisotopic (exact) mass is 174 g/mol. The molecule has 0 radical (unpaired) electrons. The summed E-state index contributed by atoms with van der Waals surface area (Å²) in [7, 11) is 0. The van der Waals surface area contributed by atoms with Gasteiger partial charge < -0.3 is 0 Å². The zero-order valence-electron chi connectivity index (χ0n) is 8.75. The van der Waals surface area contributed by atoms with Crippen LogP contribution in [0.3, 0.4) is 0 Å². The van der Waals surface area contributed by atoms with E-state index in [9.17, 15) is 0 Å². The summed E-state index contributed by atoms with van der Waals surface area (Å²) in [5.41, 5.74) is 2.89. The van der Waals surface area contributed by atoms with Crippen LogP contribution in [-0.2, 0) is 0 Å². The molecule has 1 unspecified atom stereocenters. The Bertz CT molecular complexity index is 284. The number of hydrogen-bond acceptors (Lipinski definition) is 0. The minimum absolute atomic E-state index is 0.705. The largest absolute Gasteiger partial charge is 0.0833 e. The molecule has 0 fully saturated rings. The number of benzene rings is 1. The van der Waals surface area contributed by atoms with Gasteiger partial charge in [0.2, 0.25) is 0 Å². The Morgan fingerprint density at radius 2 is 1.85 bits per heavy atom. The lowest BCUT2D eigenvalue weighted by atomic mass is 9.89. The van der Waals surface area contributed by atoms with Gasteiger partial charge in [0.15, 0.2) is 0 Å². The molecule has 0 saturated heterocycles. The van der Waals surface area contributed by atoms with Crippen LogP contribution in [0.15, 0.2) is 30.3 Å². The van der Waals surface area contributed by atoms with Gasteiger partial charge in [-0.15, -0.1) is 0 Å². The Labute approximate surface area is 81.3 Å². The first-order chi connectivity index (χ1) is 6.38. The van der Waals surface area contributed by atoms with E-state index in [0.29, 0.717) is 5.92 Å². The Hall–Kier alpha value is -1.04. The number of hydrogen-bond donors (Lipinski definition) is 0. The van der Waals surface area contributed by atoms with Crippen molar-refractivity contribution in [2.24, 2.45) is 0 Å². The van der Waals surface area contributed by atoms with E-state index in [1.54, 1.807) is 0 Å². The molecule has 2 rings (SSSR count). The topological polar surface area (TPSA) is 0 Å². The number of fused-ring (bicyclic) bond motifs is 1. The van der Waals surface area contributed by atoms with Gasteiger partial charge in [0.05, 0.1) is 0 Å². The van der Waals surface area contributed by atoms with Gasteiger partial charge in [-0.2, -0.15) is 0 Å². The molecule has 70 valence electrons. The fourth-order valence-electron chi connectivity index (χ4n) is 1.64. The highest BCUT2D eigenvalue weighted by atomic mass is 14.1. The quantitative estimate of drug-likeness (QED) is 0.552. The predicted molar refractivity (Wildman–Crippen MR) is 59.9 cm³/mol. The van der Waals surface area contributed by atoms with Crippen molar-refractivity contribution >= 4 is 6.08 Å². The molecular formula is C13H18. The molecular weight excluding hydrogens is 156 g/mol. The van der Waals surface area contributed by atoms with Crippen molar-refractivity contribution in [3.63, 3.8) is 0 Å². The molecule has 0 spiro atoms. The Balaban J connectivity index is 0.000000396. The summed E-state index contributed by atoms with van der Waals surface area (Å²) in [6.45, 7) is 6.28. The molecule has 0 saturated carbocycles. The van der Waals surface area contributed by atoms with Gasteiger partial charge in [0.1, 0.15) is 0 Å². The van der Waals surface area contributed by atoms with Gasteiger partial charge in [-0.05, 0) is 23.5 Å². The summed E-state index contributed by atoms with van der Waals surface area (Å²) in [6.07, 6.45) is 5.67. The van der Waals surface area contributed by atoms with E-state index in [4.69, 9.17) is 0 Å². The van der Waals surface area contributed by atoms with Gasteiger partial charge in [0, 0.05) is 0 Å². The van der Waals surface area contributed by atoms with Crippen LogP contribution < -0.4 is 0 Å². The van der Waals surface area contributed by atoms with Gasteiger partial charge in [0.25, 0.3) is 0 Å². The average Bonchev–Trinajstić information content (AvgIpc) is 2.22. The van der Waals surface area contributed by atoms with Crippen LogP contribution in [0.2, 0.25) is 0 Å². The van der Waals surface area contributed by atoms with Gasteiger partial charge >= 0.3 is 0 Å². The van der Waals surface area contributed by atoms with Crippen LogP contribution in [0.4, 0.5) is 0 Å². The maximum Gasteiger partial charge on any atom is -0.0150 e. The minimum atomic E-state index is 0.705. The SMILES string of the molecule is CC.CC1CC=Cc2ccccc21. The van der Waals surface area contributed by atoms with Crippen LogP contribution >= 0.6 is 0 Å². The molecule has 0 aromatic heterocycles. The van der Waals surface area contributed by atoms with Crippen molar-refractivity contribution in [2.45, 2.75) is 33.1 Å². The molecule has 1 aliphatic rings. The van der Waals surface area contributed by atoms with Crippen molar-refractivity contribution in [1.82, 2.24) is 0 Å². The molecule has 0 heteroatoms. The molecule has 1 aromatic rings. The van der Waals surface area contributed by atoms with Crippen LogP contribution in [0.1, 0.15) is 44.2 Å². The van der Waals surface area contributed by atoms with Gasteiger partial charge in [-0.1, -0.05) is 57.2 Å². The summed E-state index contributed by atoms with van der Waals surface area (Å²) < 4.78 is 0. The molecule has 0 bridgehead atoms. The molecule has 0 N–H and O–H groups in total. The van der Waals surface area contributed by atoms with Crippen molar-refractivity contribution in [3.05, 3.63) is 41.5 Å². The molecule has 1 atom stereocenters. The molecule has 1 aliphatic carbocycles. The zero-order chi connectivity index (χ0) is 9.68. The lowest BCUT2D eigenvalue weighted by Crippen LogP contribution is -1.98. The summed E-state index contributed by atoms with van der Waals surface area (Å²) >= 11 is 0. The first-order valence-electron chi connectivity index (χ1n) is 5.13. The summed E-state index contributed by atoms with van der Waals surface area (Å²) in [5, 5.41) is 0. The lowest BCUT2D eigenvalue weighted by molar-refractivity contribution is 0.772. The second-order valence-corrected chi connectivity index (χ2v) is 3.17. The molecule has 13 heavy (non-hydrogen) atoms. The van der Waals surface area contributed by atoms with Crippen molar-refractivity contribution in [2.75, 3.05) is 0 Å². The maximum atomic E-state index is 2.28. The van der Waals surface area contributed by atoms with Gasteiger partial charge in [-0.3, -0.25) is 0 Å². The van der Waals surface area contributed by atoms with E-state index in [0.717, 1.165) is 0 Å². The second kappa shape index (κ2) is 4.86. The van der Waals surface area contributed by atoms with Gasteiger partial charge in [-0.25, -0.2) is 0 Å². The zero-order valence-corrected chi connectivity index (χ0v) is 8.75. The minimum Gasteiger partial charge on any atom is -0.0833 e. The summed E-state index contributed by atoms with van der Waals surface area (Å²) in [5.74, 6) is 0.705. The van der Waals surface area contributed by atoms with E-state index in [2.05, 4.69) is 43.3 Å². The Morgan fingerprint density at radius 3 is 2.54 bits per heavy atom. The first-order valence-corrected chi connectivity index (χ1v) is 5.13. The summed E-state index contributed by atoms with van der Waals surface area (Å²) in [6, 6.07) is 8.63. The highest BCUT2D eigenvalue weighted by Crippen LogP contribution is 2.28. The third-order valence-electron chi connectivity index (χ3n) is 2.31. The lowest BCUT2D eigenvalue weighted by Gasteiger charge is -2.16. The normalized spacial score (nSPS) is 18.5. The van der Waals surface area contributed by atoms with Crippen LogP contribution in [0, 0.1) is 0 Å². The fourth-order valence-corrected chi connectivity index (χ4v) is 1.64. The van der Waals surface area contributed by atoms with E-state index in [1.807, 2.05) is 13.8 Å². The van der Waals surface area contributed by atoms with Crippen LogP contribution in [0.5, 0.6) is 0 Å². The smallest absolute Gasteiger partial charge is 0.0150 e. The third kappa shape index (κ3) is 2.21. The number of rotatable bonds is 0. The molecule has 1 aromatic carbocycles. The Morgan fingerprint density at radius 1 is 1.15 bits per heavy atom. The standard InChI is InChI=1S/C11H12.C2H6/c1-9-5-4-7-10-6-2-3-8-11(9)10;1-2/h2-4,6-9H,5H2,1H3;1-2H3. The van der Waals surface area contributed by atoms with Crippen molar-refractivity contribution < 1.29 is 0 Å². The van der Waals surface area contributed by atoms with E-state index >= 15 is 0 Å². The highest BCUT2D eigenvalue weighted by Gasteiger charge is 2.09. The van der Waals surface area contributed by atoms with Crippen molar-refractivity contribution in [1.29, 1.82) is 0 Å². The summed E-state index contributed by atoms with van der Waals surface area (Å²) in [4.78, 5) is 0. The maximum absolute atomic E-state index is 2.28. The van der Waals surface area contributed by atoms with Crippen molar-refractivity contribution in [3.8, 4) is 0 Å². The Kier molecular flexibility index (Phi) is 3.75. The predicted octanol–water partition coefficient (Wildman–Crippen LogP) is 4.23. The third-order valence-corrected chi connectivity index (χ3v) is 2.31. The van der Waals surface area contributed by atoms with E-state index < -0.39 is 0 Å². The average molecular weight is 174 g/mol. The second-order valence-electron chi connectivity index (χ2n) is 3.17. The van der Waals surface area contributed by atoms with E-state index in [-0.39, 0.29) is 0 Å². The molecule has 0 amide bonds. The fraction of sp³-hybridized carbons (Fsp3) is 0.385. The first kappa shape index (κ1) is 10.0. The van der Waals surface area contributed by atoms with E-state index in [1.165, 1.54) is 17.5 Å². The highest BCUT2D eigenvalue weighted by molar-refractivity contribution is 5.57. The molecule has 0 nitrogen and oxygen atoms in total. The molecule has 0 heterocycles. The van der Waals surface area contributed by atoms with Crippen LogP contribution in [-0.4, -0.2) is 0 Å². The molecule has 0 aliphatic heterocycles. The number of allylic oxidation sites excluding steroid dienone is 1.